The van der Waals surface area contributed by atoms with Crippen molar-refractivity contribution in [1.29, 1.82) is 0 Å². The fraction of sp³-hybridized carbons (Fsp3) is 0.115. The van der Waals surface area contributed by atoms with Gasteiger partial charge in [0, 0.05) is 5.39 Å². The molecule has 2 heterocycles. The number of amides is 1. The summed E-state index contributed by atoms with van der Waals surface area (Å²) in [7, 11) is 0. The Bertz CT molecular complexity index is 1500. The van der Waals surface area contributed by atoms with E-state index in [9.17, 15) is 9.59 Å². The highest BCUT2D eigenvalue weighted by atomic mass is 16.5. The Morgan fingerprint density at radius 3 is 2.58 bits per heavy atom. The van der Waals surface area contributed by atoms with E-state index in [1.54, 1.807) is 30.3 Å². The van der Waals surface area contributed by atoms with Gasteiger partial charge in [0.1, 0.15) is 22.9 Å². The van der Waals surface area contributed by atoms with E-state index >= 15 is 0 Å². The lowest BCUT2D eigenvalue weighted by atomic mass is 10.1. The molecule has 0 radical (unpaired) electrons. The van der Waals surface area contributed by atoms with Gasteiger partial charge in [0.05, 0.1) is 18.6 Å². The van der Waals surface area contributed by atoms with Crippen molar-refractivity contribution in [3.05, 3.63) is 101 Å². The van der Waals surface area contributed by atoms with E-state index in [-0.39, 0.29) is 5.58 Å². The molecule has 0 saturated heterocycles. The third-order valence-electron chi connectivity index (χ3n) is 5.40. The molecule has 1 atom stereocenters. The van der Waals surface area contributed by atoms with Crippen molar-refractivity contribution < 1.29 is 13.9 Å². The fourth-order valence-corrected chi connectivity index (χ4v) is 3.90. The van der Waals surface area contributed by atoms with Crippen LogP contribution in [0.1, 0.15) is 18.5 Å². The van der Waals surface area contributed by atoms with E-state index in [1.165, 1.54) is 10.9 Å². The number of nitrogens with zero attached hydrogens (tertiary/aromatic N) is 2. The minimum absolute atomic E-state index is 0.113. The molecular formula is C26H21N3O4. The van der Waals surface area contributed by atoms with Gasteiger partial charge >= 0.3 is 0 Å². The van der Waals surface area contributed by atoms with Crippen LogP contribution in [0.4, 0.5) is 5.69 Å². The Balaban J connectivity index is 1.63. The second-order valence-corrected chi connectivity index (χ2v) is 7.46. The van der Waals surface area contributed by atoms with Crippen LogP contribution in [0.25, 0.3) is 22.1 Å². The first-order valence-electron chi connectivity index (χ1n) is 10.6. The van der Waals surface area contributed by atoms with E-state index in [0.717, 1.165) is 5.39 Å². The van der Waals surface area contributed by atoms with Gasteiger partial charge < -0.3 is 14.5 Å². The third-order valence-corrected chi connectivity index (χ3v) is 5.40. The molecule has 1 N–H and O–H groups in total. The Labute approximate surface area is 189 Å². The third kappa shape index (κ3) is 3.74. The summed E-state index contributed by atoms with van der Waals surface area (Å²) in [5, 5.41) is 3.67. The monoisotopic (exact) mass is 439 g/mol. The molecule has 2 aromatic heterocycles. The molecular weight excluding hydrogens is 418 g/mol. The number of aromatic nitrogens is 2. The van der Waals surface area contributed by atoms with E-state index in [0.29, 0.717) is 34.7 Å². The first kappa shape index (κ1) is 20.5. The lowest BCUT2D eigenvalue weighted by Gasteiger charge is -2.20. The lowest BCUT2D eigenvalue weighted by molar-refractivity contribution is -0.118. The topological polar surface area (TPSA) is 86.4 Å². The van der Waals surface area contributed by atoms with Crippen LogP contribution >= 0.6 is 0 Å². The van der Waals surface area contributed by atoms with Crippen LogP contribution in [-0.4, -0.2) is 22.1 Å². The maximum absolute atomic E-state index is 13.5. The van der Waals surface area contributed by atoms with E-state index < -0.39 is 17.5 Å². The zero-order chi connectivity index (χ0) is 22.8. The molecule has 0 aliphatic carbocycles. The number of fused-ring (bicyclic) bond motifs is 3. The Hall–Kier alpha value is -4.39. The minimum atomic E-state index is -0.960. The maximum atomic E-state index is 13.5. The molecule has 0 aliphatic rings. The molecule has 164 valence electrons. The Kier molecular flexibility index (Phi) is 5.36. The van der Waals surface area contributed by atoms with Gasteiger partial charge in [-0.1, -0.05) is 54.6 Å². The van der Waals surface area contributed by atoms with Crippen molar-refractivity contribution in [2.45, 2.75) is 13.0 Å². The van der Waals surface area contributed by atoms with Crippen molar-refractivity contribution in [2.75, 3.05) is 11.9 Å². The molecule has 7 heteroatoms. The summed E-state index contributed by atoms with van der Waals surface area (Å²) in [5.41, 5.74) is 1.89. The average molecular weight is 439 g/mol. The summed E-state index contributed by atoms with van der Waals surface area (Å²) in [6, 6.07) is 22.6. The summed E-state index contributed by atoms with van der Waals surface area (Å²) < 4.78 is 12.7. The molecule has 7 nitrogen and oxygen atoms in total. The molecule has 1 amide bonds. The first-order chi connectivity index (χ1) is 16.2. The second-order valence-electron chi connectivity index (χ2n) is 7.46. The smallest absolute Gasteiger partial charge is 0.298 e. The van der Waals surface area contributed by atoms with E-state index in [1.807, 2.05) is 55.5 Å². The number of para-hydroxylation sites is 3. The molecule has 0 spiro atoms. The maximum Gasteiger partial charge on any atom is 0.298 e. The number of rotatable bonds is 6. The van der Waals surface area contributed by atoms with Gasteiger partial charge in [0.2, 0.25) is 5.58 Å². The van der Waals surface area contributed by atoms with Crippen molar-refractivity contribution >= 4 is 33.7 Å². The molecule has 3 aromatic carbocycles. The Morgan fingerprint density at radius 2 is 1.76 bits per heavy atom. The van der Waals surface area contributed by atoms with Gasteiger partial charge in [-0.3, -0.25) is 14.2 Å². The summed E-state index contributed by atoms with van der Waals surface area (Å²) in [4.78, 5) is 31.5. The SMILES string of the molecule is CCOc1ccccc1NC(=O)C(c1ccccc1)n1cnc2c(oc3ccccc32)c1=O. The predicted octanol–water partition coefficient (Wildman–Crippen LogP) is 4.77. The van der Waals surface area contributed by atoms with Gasteiger partial charge in [-0.25, -0.2) is 4.98 Å². The molecule has 5 rings (SSSR count). The molecule has 33 heavy (non-hydrogen) atoms. The van der Waals surface area contributed by atoms with Crippen LogP contribution in [0.15, 0.2) is 94.4 Å². The number of carbonyl (C=O) groups is 1. The summed E-state index contributed by atoms with van der Waals surface area (Å²) in [6.07, 6.45) is 1.40. The molecule has 0 bridgehead atoms. The number of ether oxygens (including phenoxy) is 1. The van der Waals surface area contributed by atoms with Crippen LogP contribution in [-0.2, 0) is 4.79 Å². The standard InChI is InChI=1S/C26H21N3O4/c1-2-32-21-15-9-7-13-19(21)28-25(30)23(17-10-4-3-5-11-17)29-16-27-22-18-12-6-8-14-20(18)33-24(22)26(29)31/h3-16,23H,2H2,1H3,(H,28,30). The van der Waals surface area contributed by atoms with Crippen LogP contribution in [0, 0.1) is 0 Å². The number of carbonyl (C=O) groups excluding carboxylic acids is 1. The first-order valence-corrected chi connectivity index (χ1v) is 10.6. The number of furan rings is 1. The van der Waals surface area contributed by atoms with Crippen molar-refractivity contribution in [2.24, 2.45) is 0 Å². The normalized spacial score (nSPS) is 12.0. The quantitative estimate of drug-likeness (QED) is 0.412. The van der Waals surface area contributed by atoms with Gasteiger partial charge in [-0.15, -0.1) is 0 Å². The number of anilines is 1. The summed E-state index contributed by atoms with van der Waals surface area (Å²) in [5.74, 6) is 0.158. The van der Waals surface area contributed by atoms with E-state index in [4.69, 9.17) is 9.15 Å². The number of hydrogen-bond donors (Lipinski definition) is 1. The predicted molar refractivity (Wildman–Crippen MR) is 127 cm³/mol. The van der Waals surface area contributed by atoms with Crippen LogP contribution in [0.5, 0.6) is 5.75 Å². The van der Waals surface area contributed by atoms with E-state index in [2.05, 4.69) is 10.3 Å². The fourth-order valence-electron chi connectivity index (χ4n) is 3.90. The van der Waals surface area contributed by atoms with Gasteiger partial charge in [-0.05, 0) is 36.8 Å². The largest absolute Gasteiger partial charge is 0.492 e. The highest BCUT2D eigenvalue weighted by Crippen LogP contribution is 2.28. The zero-order valence-electron chi connectivity index (χ0n) is 17.9. The second kappa shape index (κ2) is 8.63. The number of benzene rings is 3. The number of nitrogens with one attached hydrogen (secondary N) is 1. The van der Waals surface area contributed by atoms with Crippen LogP contribution in [0.2, 0.25) is 0 Å². The molecule has 5 aromatic rings. The van der Waals surface area contributed by atoms with Crippen molar-refractivity contribution in [1.82, 2.24) is 9.55 Å². The molecule has 0 aliphatic heterocycles. The van der Waals surface area contributed by atoms with Crippen molar-refractivity contribution in [3.63, 3.8) is 0 Å². The van der Waals surface area contributed by atoms with Crippen molar-refractivity contribution in [3.8, 4) is 5.75 Å². The molecule has 0 fully saturated rings. The van der Waals surface area contributed by atoms with Crippen LogP contribution < -0.4 is 15.6 Å². The summed E-state index contributed by atoms with van der Waals surface area (Å²) >= 11 is 0. The minimum Gasteiger partial charge on any atom is -0.492 e. The highest BCUT2D eigenvalue weighted by Gasteiger charge is 2.27. The molecule has 0 saturated carbocycles. The molecule has 1 unspecified atom stereocenters. The average Bonchev–Trinajstić information content (AvgIpc) is 3.22. The van der Waals surface area contributed by atoms with Gasteiger partial charge in [0.25, 0.3) is 11.5 Å². The number of hydrogen-bond acceptors (Lipinski definition) is 5. The zero-order valence-corrected chi connectivity index (χ0v) is 17.9. The highest BCUT2D eigenvalue weighted by molar-refractivity contribution is 6.02. The Morgan fingerprint density at radius 1 is 1.03 bits per heavy atom. The lowest BCUT2D eigenvalue weighted by Crippen LogP contribution is -2.34. The summed E-state index contributed by atoms with van der Waals surface area (Å²) in [6.45, 7) is 2.33. The van der Waals surface area contributed by atoms with Gasteiger partial charge in [-0.2, -0.15) is 0 Å². The van der Waals surface area contributed by atoms with Gasteiger partial charge in [0.15, 0.2) is 0 Å². The van der Waals surface area contributed by atoms with Crippen LogP contribution in [0.3, 0.4) is 0 Å².